The van der Waals surface area contributed by atoms with Crippen LogP contribution in [-0.2, 0) is 10.0 Å². The molecule has 5 nitrogen and oxygen atoms in total. The van der Waals surface area contributed by atoms with Gasteiger partial charge in [-0.25, -0.2) is 17.5 Å². The number of rotatable bonds is 8. The summed E-state index contributed by atoms with van der Waals surface area (Å²) in [7, 11) is -1.64. The van der Waals surface area contributed by atoms with E-state index in [0.717, 1.165) is 25.5 Å². The number of sulfonamides is 1. The monoisotopic (exact) mass is 317 g/mol. The number of nitrogens with one attached hydrogen (secondary N) is 1. The number of nitrogens with zero attached hydrogens (tertiary/aromatic N) is 1. The van der Waals surface area contributed by atoms with E-state index in [9.17, 15) is 12.8 Å². The van der Waals surface area contributed by atoms with Crippen LogP contribution in [0.15, 0.2) is 23.1 Å². The van der Waals surface area contributed by atoms with Crippen LogP contribution in [-0.4, -0.2) is 39.5 Å². The molecule has 1 aromatic carbocycles. The van der Waals surface area contributed by atoms with Crippen LogP contribution in [0.2, 0.25) is 0 Å². The van der Waals surface area contributed by atoms with Gasteiger partial charge in [-0.05, 0) is 58.5 Å². The van der Waals surface area contributed by atoms with E-state index in [-0.39, 0.29) is 10.6 Å². The summed E-state index contributed by atoms with van der Waals surface area (Å²) in [6.07, 6.45) is 1.63. The minimum atomic E-state index is -3.68. The minimum Gasteiger partial charge on any atom is -0.396 e. The second-order valence-electron chi connectivity index (χ2n) is 5.36. The molecule has 0 aliphatic rings. The molecule has 120 valence electrons. The molecule has 1 aromatic rings. The van der Waals surface area contributed by atoms with E-state index in [0.29, 0.717) is 12.6 Å². The van der Waals surface area contributed by atoms with Crippen molar-refractivity contribution in [2.75, 3.05) is 25.9 Å². The summed E-state index contributed by atoms with van der Waals surface area (Å²) >= 11 is 0. The Balaban J connectivity index is 2.45. The molecule has 0 unspecified atom stereocenters. The number of hydrogen-bond donors (Lipinski definition) is 2. The fourth-order valence-corrected chi connectivity index (χ4v) is 2.79. The fraction of sp³-hybridized carbons (Fsp3) is 0.571. The number of unbranched alkanes of at least 4 members (excludes halogenated alkanes) is 1. The number of benzene rings is 1. The Labute approximate surface area is 126 Å². The van der Waals surface area contributed by atoms with Gasteiger partial charge in [0.25, 0.3) is 0 Å². The second kappa shape index (κ2) is 7.72. The average Bonchev–Trinajstić information content (AvgIpc) is 2.40. The molecule has 0 fully saturated rings. The van der Waals surface area contributed by atoms with E-state index in [4.69, 9.17) is 5.73 Å². The van der Waals surface area contributed by atoms with Gasteiger partial charge in [0.15, 0.2) is 0 Å². The molecule has 0 amide bonds. The summed E-state index contributed by atoms with van der Waals surface area (Å²) in [5, 5.41) is 0. The molecule has 0 saturated carbocycles. The van der Waals surface area contributed by atoms with Crippen molar-refractivity contribution in [3.63, 3.8) is 0 Å². The lowest BCUT2D eigenvalue weighted by atomic mass is 10.2. The number of hydrogen-bond acceptors (Lipinski definition) is 4. The molecule has 0 aliphatic heterocycles. The number of halogens is 1. The van der Waals surface area contributed by atoms with Gasteiger partial charge in [0, 0.05) is 12.6 Å². The molecule has 3 N–H and O–H groups in total. The molecule has 1 rings (SSSR count). The van der Waals surface area contributed by atoms with Gasteiger partial charge in [-0.2, -0.15) is 0 Å². The number of nitrogens with two attached hydrogens (primary N) is 1. The maximum Gasteiger partial charge on any atom is 0.240 e. The largest absolute Gasteiger partial charge is 0.396 e. The van der Waals surface area contributed by atoms with Crippen LogP contribution in [0.25, 0.3) is 0 Å². The number of anilines is 1. The summed E-state index contributed by atoms with van der Waals surface area (Å²) in [5.74, 6) is -0.726. The Hall–Kier alpha value is -1.18. The number of nitrogen functional groups attached to an aromatic ring is 1. The second-order valence-corrected chi connectivity index (χ2v) is 7.13. The van der Waals surface area contributed by atoms with Gasteiger partial charge in [0.05, 0.1) is 10.6 Å². The summed E-state index contributed by atoms with van der Waals surface area (Å²) < 4.78 is 39.7. The molecule has 0 radical (unpaired) electrons. The third-order valence-corrected chi connectivity index (χ3v) is 4.85. The summed E-state index contributed by atoms with van der Waals surface area (Å²) in [5.41, 5.74) is 5.27. The molecule has 0 aromatic heterocycles. The van der Waals surface area contributed by atoms with E-state index in [1.807, 2.05) is 7.05 Å². The highest BCUT2D eigenvalue weighted by atomic mass is 32.2. The van der Waals surface area contributed by atoms with Crippen molar-refractivity contribution < 1.29 is 12.8 Å². The summed E-state index contributed by atoms with van der Waals surface area (Å²) in [6.45, 7) is 5.47. The molecule has 0 spiro atoms. The van der Waals surface area contributed by atoms with Crippen molar-refractivity contribution in [1.29, 1.82) is 0 Å². The topological polar surface area (TPSA) is 75.4 Å². The van der Waals surface area contributed by atoms with Gasteiger partial charge < -0.3 is 10.6 Å². The van der Waals surface area contributed by atoms with Crippen molar-refractivity contribution in [3.8, 4) is 0 Å². The third kappa shape index (κ3) is 5.61. The van der Waals surface area contributed by atoms with Gasteiger partial charge in [0.1, 0.15) is 5.82 Å². The lowest BCUT2D eigenvalue weighted by molar-refractivity contribution is 0.268. The van der Waals surface area contributed by atoms with Crippen LogP contribution in [0, 0.1) is 5.82 Å². The van der Waals surface area contributed by atoms with Gasteiger partial charge >= 0.3 is 0 Å². The maximum absolute atomic E-state index is 13.3. The first kappa shape index (κ1) is 17.9. The van der Waals surface area contributed by atoms with E-state index < -0.39 is 15.8 Å². The molecule has 7 heteroatoms. The molecule has 21 heavy (non-hydrogen) atoms. The normalized spacial score (nSPS) is 12.3. The molecular weight excluding hydrogens is 293 g/mol. The van der Waals surface area contributed by atoms with Crippen molar-refractivity contribution in [2.24, 2.45) is 0 Å². The SMILES string of the molecule is CC(C)N(C)CCCCNS(=O)(=O)c1ccc(N)c(F)c1. The van der Waals surface area contributed by atoms with E-state index in [2.05, 4.69) is 23.5 Å². The first-order valence-corrected chi connectivity index (χ1v) is 8.47. The fourth-order valence-electron chi connectivity index (χ4n) is 1.71. The lowest BCUT2D eigenvalue weighted by Gasteiger charge is -2.20. The molecular formula is C14H24FN3O2S. The Bertz CT molecular complexity index is 561. The van der Waals surface area contributed by atoms with E-state index in [1.54, 1.807) is 0 Å². The Morgan fingerprint density at radius 1 is 1.33 bits per heavy atom. The van der Waals surface area contributed by atoms with Gasteiger partial charge in [-0.1, -0.05) is 0 Å². The first-order chi connectivity index (χ1) is 9.74. The van der Waals surface area contributed by atoms with Crippen LogP contribution in [0.3, 0.4) is 0 Å². The van der Waals surface area contributed by atoms with Crippen LogP contribution in [0.1, 0.15) is 26.7 Å². The van der Waals surface area contributed by atoms with Gasteiger partial charge in [-0.15, -0.1) is 0 Å². The van der Waals surface area contributed by atoms with Gasteiger partial charge in [0.2, 0.25) is 10.0 Å². The van der Waals surface area contributed by atoms with Crippen LogP contribution in [0.4, 0.5) is 10.1 Å². The molecule has 0 saturated heterocycles. The zero-order valence-corrected chi connectivity index (χ0v) is 13.6. The van der Waals surface area contributed by atoms with Crippen molar-refractivity contribution in [3.05, 3.63) is 24.0 Å². The summed E-state index contributed by atoms with van der Waals surface area (Å²) in [4.78, 5) is 2.10. The smallest absolute Gasteiger partial charge is 0.240 e. The summed E-state index contributed by atoms with van der Waals surface area (Å²) in [6, 6.07) is 3.96. The zero-order chi connectivity index (χ0) is 16.0. The standard InChI is InChI=1S/C14H24FN3O2S/c1-11(2)18(3)9-5-4-8-17-21(19,20)12-6-7-14(16)13(15)10-12/h6-7,10-11,17H,4-5,8-9,16H2,1-3H3. The highest BCUT2D eigenvalue weighted by molar-refractivity contribution is 7.89. The zero-order valence-electron chi connectivity index (χ0n) is 12.8. The third-order valence-electron chi connectivity index (χ3n) is 3.39. The van der Waals surface area contributed by atoms with Crippen molar-refractivity contribution in [1.82, 2.24) is 9.62 Å². The average molecular weight is 317 g/mol. The predicted octanol–water partition coefficient (Wildman–Crippen LogP) is 1.81. The highest BCUT2D eigenvalue weighted by Gasteiger charge is 2.15. The highest BCUT2D eigenvalue weighted by Crippen LogP contribution is 2.16. The van der Waals surface area contributed by atoms with E-state index in [1.165, 1.54) is 12.1 Å². The maximum atomic E-state index is 13.3. The minimum absolute atomic E-state index is 0.0642. The molecule has 0 aliphatic carbocycles. The van der Waals surface area contributed by atoms with Crippen LogP contribution < -0.4 is 10.5 Å². The Morgan fingerprint density at radius 2 is 2.00 bits per heavy atom. The Morgan fingerprint density at radius 3 is 2.57 bits per heavy atom. The Kier molecular flexibility index (Phi) is 6.57. The quantitative estimate of drug-likeness (QED) is 0.566. The first-order valence-electron chi connectivity index (χ1n) is 6.99. The van der Waals surface area contributed by atoms with Crippen LogP contribution >= 0.6 is 0 Å². The van der Waals surface area contributed by atoms with E-state index >= 15 is 0 Å². The van der Waals surface area contributed by atoms with Gasteiger partial charge in [-0.3, -0.25) is 0 Å². The predicted molar refractivity (Wildman–Crippen MR) is 83.0 cm³/mol. The van der Waals surface area contributed by atoms with Crippen molar-refractivity contribution in [2.45, 2.75) is 37.6 Å². The lowest BCUT2D eigenvalue weighted by Crippen LogP contribution is -2.29. The van der Waals surface area contributed by atoms with Crippen LogP contribution in [0.5, 0.6) is 0 Å². The molecule has 0 heterocycles. The molecule has 0 bridgehead atoms. The van der Waals surface area contributed by atoms with Crippen molar-refractivity contribution >= 4 is 15.7 Å². The molecule has 0 atom stereocenters.